The maximum absolute atomic E-state index is 16.4. The topological polar surface area (TPSA) is 448 Å². The summed E-state index contributed by atoms with van der Waals surface area (Å²) in [6.45, 7) is 6.32. The first-order valence-electron chi connectivity index (χ1n) is 37.7. The number of phenols is 2. The monoisotopic (exact) mass is 1580 g/mol. The summed E-state index contributed by atoms with van der Waals surface area (Å²) in [5.41, 5.74) is 5.00. The first-order chi connectivity index (χ1) is 53.4. The van der Waals surface area contributed by atoms with Crippen LogP contribution in [0.1, 0.15) is 168 Å². The number of rotatable bonds is 16. The van der Waals surface area contributed by atoms with Crippen molar-refractivity contribution in [3.8, 4) is 57.1 Å². The zero-order chi connectivity index (χ0) is 80.0. The number of aliphatic hydroxyl groups excluding tert-OH is 6. The van der Waals surface area contributed by atoms with Crippen LogP contribution in [-0.2, 0) is 43.1 Å². The number of primary amides is 1. The van der Waals surface area contributed by atoms with Gasteiger partial charge in [-0.15, -0.1) is 0 Å². The molecule has 28 nitrogen and oxygen atoms in total. The van der Waals surface area contributed by atoms with Gasteiger partial charge in [0.1, 0.15) is 89.5 Å². The molecule has 4 saturated carbocycles. The van der Waals surface area contributed by atoms with E-state index in [4.69, 9.17) is 52.6 Å². The number of Topliss-reactive ketones (excluding diaryl/α,β-unsaturated/α-hetero) is 3. The third-order valence-corrected chi connectivity index (χ3v) is 23.6. The van der Waals surface area contributed by atoms with Gasteiger partial charge in [0.25, 0.3) is 0 Å². The fourth-order valence-electron chi connectivity index (χ4n) is 17.4. The van der Waals surface area contributed by atoms with Crippen molar-refractivity contribution in [3.05, 3.63) is 153 Å². The molecule has 6 aromatic carbocycles. The number of aliphatic hydroxyl groups is 6. The SMILES string of the molecule is CC[C@H](CC(C)C)C(=O)N[C@H]1C(=O)C[C@@H](CC(N)=O)C(=O)N[C@H]2C(=O)C[C@@H]3C(=O)N[C@H](C(=O)N[C@H](C(=O)CC4C5CC6CC(C5)CC4C6)c4cc(OC(=O)N[C@@H](C)c5ccccc5)cc(O)c4-c4cc3ccc4O)[C@H](O)c3ccc(c(Cl)c3)Oc3cc2cc(c3OC2O[C@H](CO)[C@@H](O)[C@H](O)[C@H]2O)Oc2ccc(cc2Cl)[C@H]1O. The number of ether oxygens (including phenoxy) is 5. The Morgan fingerprint density at radius 2 is 1.29 bits per heavy atom. The van der Waals surface area contributed by atoms with E-state index in [1.807, 2.05) is 13.8 Å². The van der Waals surface area contributed by atoms with Gasteiger partial charge in [0, 0.05) is 48.8 Å². The van der Waals surface area contributed by atoms with E-state index in [0.717, 1.165) is 62.4 Å². The molecule has 0 spiro atoms. The second kappa shape index (κ2) is 33.5. The molecule has 16 rings (SSSR count). The Morgan fingerprint density at radius 1 is 0.652 bits per heavy atom. The number of carbonyl (C=O) groups is 9. The molecular formula is C82H90Cl2N6O22. The number of phenolic OH excluding ortho intramolecular Hbond substituents is 2. The molecule has 4 aliphatic carbocycles. The number of benzene rings is 6. The van der Waals surface area contributed by atoms with E-state index in [9.17, 15) is 55.2 Å². The highest BCUT2D eigenvalue weighted by Gasteiger charge is 2.51. The van der Waals surface area contributed by atoms with Gasteiger partial charge in [0.15, 0.2) is 28.8 Å². The molecular weight excluding hydrogens is 1490 g/mol. The minimum atomic E-state index is -2.16. The molecule has 6 aliphatic heterocycles. The van der Waals surface area contributed by atoms with E-state index in [0.29, 0.717) is 30.2 Å². The van der Waals surface area contributed by atoms with Crippen LogP contribution in [0.2, 0.25) is 10.0 Å². The molecule has 6 heterocycles. The van der Waals surface area contributed by atoms with Crippen molar-refractivity contribution in [2.24, 2.45) is 53.1 Å². The number of hydrogen-bond donors (Lipinski definition) is 14. The van der Waals surface area contributed by atoms with Crippen LogP contribution in [0.3, 0.4) is 0 Å². The minimum absolute atomic E-state index is 0.00417. The Morgan fingerprint density at radius 3 is 1.89 bits per heavy atom. The van der Waals surface area contributed by atoms with Crippen molar-refractivity contribution in [2.45, 2.75) is 177 Å². The van der Waals surface area contributed by atoms with E-state index in [1.165, 1.54) is 48.5 Å². The van der Waals surface area contributed by atoms with Gasteiger partial charge >= 0.3 is 6.09 Å². The first-order valence-corrected chi connectivity index (χ1v) is 38.4. The molecule has 112 heavy (non-hydrogen) atoms. The number of nitrogens with one attached hydrogen (secondary N) is 5. The molecule has 15 bridgehead atoms. The zero-order valence-corrected chi connectivity index (χ0v) is 63.1. The molecule has 30 heteroatoms. The van der Waals surface area contributed by atoms with Gasteiger partial charge in [-0.2, -0.15) is 0 Å². The van der Waals surface area contributed by atoms with E-state index >= 15 is 28.8 Å². The fourth-order valence-corrected chi connectivity index (χ4v) is 17.9. The molecule has 1 saturated heterocycles. The number of carbonyl (C=O) groups excluding carboxylic acids is 9. The number of nitrogens with two attached hydrogens (primary N) is 1. The van der Waals surface area contributed by atoms with Gasteiger partial charge in [-0.25, -0.2) is 4.79 Å². The van der Waals surface area contributed by atoms with Gasteiger partial charge in [-0.3, -0.25) is 38.4 Å². The molecule has 0 radical (unpaired) electrons. The molecule has 594 valence electrons. The van der Waals surface area contributed by atoms with Crippen LogP contribution in [0, 0.1) is 47.3 Å². The second-order valence-electron chi connectivity index (χ2n) is 31.1. The fraction of sp³-hybridized carbons (Fsp3) is 0.451. The maximum Gasteiger partial charge on any atom is 0.413 e. The Hall–Kier alpha value is -9.75. The molecule has 10 aliphatic rings. The number of amides is 6. The van der Waals surface area contributed by atoms with Gasteiger partial charge in [0.2, 0.25) is 41.6 Å². The highest BCUT2D eigenvalue weighted by Crippen LogP contribution is 2.58. The summed E-state index contributed by atoms with van der Waals surface area (Å²) in [7, 11) is 0. The lowest BCUT2D eigenvalue weighted by molar-refractivity contribution is -0.277. The summed E-state index contributed by atoms with van der Waals surface area (Å²) in [4.78, 5) is 136. The van der Waals surface area contributed by atoms with Crippen molar-refractivity contribution in [1.29, 1.82) is 0 Å². The van der Waals surface area contributed by atoms with E-state index in [1.54, 1.807) is 44.2 Å². The standard InChI is InChI=1S/C82H90Cl2N6O22/c1-5-39(17-35(2)3)77(103)89-69-57(94)26-47(29-65(85)97)78(104)87-67-46-27-62(109-60-15-12-42(71(69)98)24-53(60)83)76(112-81-75(102)74(101)73(100)64(34-91)111-81)63(28-46)110-61-16-13-43(25-54(61)84)72(99)70-80(106)88-68(59(96)32-49-44-19-37-18-38(21-44)22-45(49)20-37)52-30-48(108-82(107)86-36(4)40-9-7-6-8-10-40)31-56(93)66(52)51-23-41(11-14-55(51)92)50(33-58(67)95)79(105)90-70/h6-16,23-25,27-28,30-31,35-39,44-45,47,49-50,64,67-75,81,91-93,98-102H,5,17-22,26,29,32-34H2,1-4H3,(H2,85,97)(H,86,107)(H,87,104)(H,88,106)(H,89,103)(H,90,105)/t36-,37?,38?,39+,44?,45?,47-,49?,50-,64+,67+,68-,69-,70-,71+,72+,73+,74-,75+,81?/m0/s1. The molecule has 15 atom stereocenters. The van der Waals surface area contributed by atoms with Crippen molar-refractivity contribution in [3.63, 3.8) is 0 Å². The quantitative estimate of drug-likeness (QED) is 0.0432. The van der Waals surface area contributed by atoms with Crippen molar-refractivity contribution in [1.82, 2.24) is 26.6 Å². The average Bonchev–Trinajstić information content (AvgIpc) is 0.757. The predicted octanol–water partition coefficient (Wildman–Crippen LogP) is 8.37. The Bertz CT molecular complexity index is 4630. The molecule has 1 unspecified atom stereocenters. The Balaban J connectivity index is 1.00. The summed E-state index contributed by atoms with van der Waals surface area (Å²) in [5.74, 6) is -15.3. The van der Waals surface area contributed by atoms with Crippen molar-refractivity contribution >= 4 is 76.2 Å². The largest absolute Gasteiger partial charge is 0.507 e. The van der Waals surface area contributed by atoms with Crippen LogP contribution >= 0.6 is 23.2 Å². The molecule has 0 aromatic heterocycles. The predicted molar refractivity (Wildman–Crippen MR) is 401 cm³/mol. The van der Waals surface area contributed by atoms with Crippen LogP contribution in [-0.4, -0.2) is 143 Å². The third kappa shape index (κ3) is 17.0. The smallest absolute Gasteiger partial charge is 0.413 e. The van der Waals surface area contributed by atoms with Crippen LogP contribution in [0.15, 0.2) is 109 Å². The van der Waals surface area contributed by atoms with Crippen LogP contribution in [0.4, 0.5) is 4.79 Å². The summed E-state index contributed by atoms with van der Waals surface area (Å²) in [6.07, 6.45) is -12.5. The highest BCUT2D eigenvalue weighted by atomic mass is 35.5. The molecule has 5 fully saturated rings. The zero-order valence-electron chi connectivity index (χ0n) is 61.6. The van der Waals surface area contributed by atoms with E-state index in [-0.39, 0.29) is 96.3 Å². The number of aromatic hydroxyl groups is 2. The lowest BCUT2D eigenvalue weighted by Gasteiger charge is -2.54. The van der Waals surface area contributed by atoms with Gasteiger partial charge in [-0.05, 0) is 175 Å². The summed E-state index contributed by atoms with van der Waals surface area (Å²) >= 11 is 14.3. The highest BCUT2D eigenvalue weighted by molar-refractivity contribution is 6.32. The average molecular weight is 1580 g/mol. The minimum Gasteiger partial charge on any atom is -0.507 e. The van der Waals surface area contributed by atoms with Crippen molar-refractivity contribution in [2.75, 3.05) is 6.61 Å². The van der Waals surface area contributed by atoms with Gasteiger partial charge in [0.05, 0.1) is 34.5 Å². The lowest BCUT2D eigenvalue weighted by Crippen LogP contribution is -2.60. The van der Waals surface area contributed by atoms with Gasteiger partial charge in [-0.1, -0.05) is 92.5 Å². The second-order valence-corrected chi connectivity index (χ2v) is 31.9. The number of hydrogen-bond acceptors (Lipinski definition) is 22. The Kier molecular flexibility index (Phi) is 24.0. The van der Waals surface area contributed by atoms with E-state index < -0.39 is 198 Å². The maximum atomic E-state index is 16.4. The number of halogens is 2. The van der Waals surface area contributed by atoms with Gasteiger partial charge < -0.3 is 96.9 Å². The molecule has 15 N–H and O–H groups in total. The summed E-state index contributed by atoms with van der Waals surface area (Å²) in [6, 6.07) is 15.8. The summed E-state index contributed by atoms with van der Waals surface area (Å²) in [5, 5.41) is 107. The normalized spacial score (nSPS) is 28.8. The van der Waals surface area contributed by atoms with Crippen LogP contribution < -0.4 is 51.3 Å². The van der Waals surface area contributed by atoms with Crippen molar-refractivity contribution < 1.29 is 108 Å². The van der Waals surface area contributed by atoms with Crippen LogP contribution in [0.5, 0.6) is 46.0 Å². The Labute approximate surface area is 654 Å². The van der Waals surface area contributed by atoms with Crippen LogP contribution in [0.25, 0.3) is 11.1 Å². The first kappa shape index (κ1) is 80.3. The third-order valence-electron chi connectivity index (χ3n) is 23.0. The van der Waals surface area contributed by atoms with E-state index in [2.05, 4.69) is 26.6 Å². The lowest BCUT2D eigenvalue weighted by atomic mass is 9.51. The number of ketones is 3. The summed E-state index contributed by atoms with van der Waals surface area (Å²) < 4.78 is 31.4. The molecule has 6 amide bonds. The number of fused-ring (bicyclic) bond motifs is 15. The molecule has 6 aromatic rings.